The van der Waals surface area contributed by atoms with Crippen molar-refractivity contribution in [2.45, 2.75) is 12.5 Å². The number of phenolic OH excluding ortho intramolecular Hbond substituents is 1. The first kappa shape index (κ1) is 14.1. The monoisotopic (exact) mass is 278 g/mol. The van der Waals surface area contributed by atoms with E-state index in [9.17, 15) is 22.7 Å². The standard InChI is InChI=1S/C12H14F4N2O/c13-7-5-8(14)10(9(19)6-7)11(12(15)16)18-3-1-17-2-4-18/h5-6,11-12,17,19H,1-4H2/t11-/m0/s1. The highest BCUT2D eigenvalue weighted by atomic mass is 19.3. The summed E-state index contributed by atoms with van der Waals surface area (Å²) < 4.78 is 53.0. The van der Waals surface area contributed by atoms with Crippen LogP contribution in [0, 0.1) is 11.6 Å². The van der Waals surface area contributed by atoms with Crippen molar-refractivity contribution in [3.63, 3.8) is 0 Å². The Kier molecular flexibility index (Phi) is 4.26. The fourth-order valence-electron chi connectivity index (χ4n) is 2.29. The number of nitrogens with zero attached hydrogens (tertiary/aromatic N) is 1. The van der Waals surface area contributed by atoms with E-state index in [4.69, 9.17) is 0 Å². The maximum atomic E-state index is 13.7. The topological polar surface area (TPSA) is 35.5 Å². The van der Waals surface area contributed by atoms with E-state index < -0.39 is 35.4 Å². The first-order valence-corrected chi connectivity index (χ1v) is 5.91. The quantitative estimate of drug-likeness (QED) is 0.829. The highest BCUT2D eigenvalue weighted by molar-refractivity contribution is 5.37. The molecule has 0 radical (unpaired) electrons. The van der Waals surface area contributed by atoms with Crippen LogP contribution in [0.3, 0.4) is 0 Å². The van der Waals surface area contributed by atoms with Gasteiger partial charge in [-0.15, -0.1) is 0 Å². The molecule has 0 unspecified atom stereocenters. The Balaban J connectivity index is 2.38. The van der Waals surface area contributed by atoms with Crippen LogP contribution >= 0.6 is 0 Å². The van der Waals surface area contributed by atoms with Gasteiger partial charge in [-0.3, -0.25) is 4.90 Å². The largest absolute Gasteiger partial charge is 0.507 e. The van der Waals surface area contributed by atoms with Crippen molar-refractivity contribution < 1.29 is 22.7 Å². The number of piperazine rings is 1. The van der Waals surface area contributed by atoms with Crippen molar-refractivity contribution in [2.24, 2.45) is 0 Å². The number of hydrogen-bond donors (Lipinski definition) is 2. The Hall–Kier alpha value is -1.34. The molecule has 3 nitrogen and oxygen atoms in total. The van der Waals surface area contributed by atoms with E-state index in [-0.39, 0.29) is 0 Å². The molecule has 106 valence electrons. The summed E-state index contributed by atoms with van der Waals surface area (Å²) in [5.41, 5.74) is -0.543. The highest BCUT2D eigenvalue weighted by Gasteiger charge is 2.34. The molecule has 0 saturated carbocycles. The number of rotatable bonds is 3. The number of benzene rings is 1. The normalized spacial score (nSPS) is 18.8. The number of aromatic hydroxyl groups is 1. The summed E-state index contributed by atoms with van der Waals surface area (Å²) in [5.74, 6) is -2.92. The van der Waals surface area contributed by atoms with Crippen molar-refractivity contribution in [2.75, 3.05) is 26.2 Å². The molecule has 1 aromatic rings. The maximum Gasteiger partial charge on any atom is 0.258 e. The third kappa shape index (κ3) is 2.98. The zero-order valence-electron chi connectivity index (χ0n) is 10.0. The Labute approximate surface area is 107 Å². The van der Waals surface area contributed by atoms with E-state index in [2.05, 4.69) is 5.32 Å². The maximum absolute atomic E-state index is 13.7. The fraction of sp³-hybridized carbons (Fsp3) is 0.500. The summed E-state index contributed by atoms with van der Waals surface area (Å²) in [4.78, 5) is 1.39. The van der Waals surface area contributed by atoms with Gasteiger partial charge < -0.3 is 10.4 Å². The Morgan fingerprint density at radius 2 is 1.79 bits per heavy atom. The third-order valence-corrected chi connectivity index (χ3v) is 3.15. The molecule has 19 heavy (non-hydrogen) atoms. The number of alkyl halides is 2. The van der Waals surface area contributed by atoms with Gasteiger partial charge in [-0.05, 0) is 0 Å². The fourth-order valence-corrected chi connectivity index (χ4v) is 2.29. The van der Waals surface area contributed by atoms with E-state index in [1.807, 2.05) is 0 Å². The molecule has 0 aromatic heterocycles. The van der Waals surface area contributed by atoms with Crippen molar-refractivity contribution >= 4 is 0 Å². The minimum Gasteiger partial charge on any atom is -0.507 e. The molecule has 1 aliphatic heterocycles. The average Bonchev–Trinajstić information content (AvgIpc) is 2.34. The van der Waals surface area contributed by atoms with E-state index >= 15 is 0 Å². The minimum atomic E-state index is -2.87. The Morgan fingerprint density at radius 1 is 1.16 bits per heavy atom. The molecule has 1 heterocycles. The Bertz CT molecular complexity index is 426. The molecule has 0 bridgehead atoms. The molecule has 2 N–H and O–H groups in total. The van der Waals surface area contributed by atoms with E-state index in [1.165, 1.54) is 4.90 Å². The lowest BCUT2D eigenvalue weighted by atomic mass is 10.0. The minimum absolute atomic E-state index is 0.311. The van der Waals surface area contributed by atoms with Crippen LogP contribution in [0.15, 0.2) is 12.1 Å². The smallest absolute Gasteiger partial charge is 0.258 e. The first-order chi connectivity index (χ1) is 9.00. The lowest BCUT2D eigenvalue weighted by molar-refractivity contribution is 0.0151. The van der Waals surface area contributed by atoms with Crippen LogP contribution in [0.2, 0.25) is 0 Å². The zero-order chi connectivity index (χ0) is 14.0. The zero-order valence-corrected chi connectivity index (χ0v) is 10.0. The van der Waals surface area contributed by atoms with Crippen LogP contribution in [-0.4, -0.2) is 42.6 Å². The van der Waals surface area contributed by atoms with Crippen LogP contribution in [-0.2, 0) is 0 Å². The van der Waals surface area contributed by atoms with Crippen molar-refractivity contribution in [3.05, 3.63) is 29.3 Å². The second-order valence-corrected chi connectivity index (χ2v) is 4.39. The molecule has 1 saturated heterocycles. The molecule has 0 spiro atoms. The molecule has 7 heteroatoms. The first-order valence-electron chi connectivity index (χ1n) is 5.91. The number of halogens is 4. The predicted octanol–water partition coefficient (Wildman–Crippen LogP) is 1.88. The lowest BCUT2D eigenvalue weighted by Gasteiger charge is -2.34. The summed E-state index contributed by atoms with van der Waals surface area (Å²) in [7, 11) is 0. The van der Waals surface area contributed by atoms with Crippen molar-refractivity contribution in [1.29, 1.82) is 0 Å². The molecular formula is C12H14F4N2O. The molecule has 0 amide bonds. The molecule has 1 fully saturated rings. The molecule has 1 aliphatic rings. The number of nitrogens with one attached hydrogen (secondary N) is 1. The molecular weight excluding hydrogens is 264 g/mol. The van der Waals surface area contributed by atoms with Crippen LogP contribution in [0.4, 0.5) is 17.6 Å². The van der Waals surface area contributed by atoms with Gasteiger partial charge in [0.1, 0.15) is 23.4 Å². The molecule has 2 rings (SSSR count). The summed E-state index contributed by atoms with van der Waals surface area (Å²) in [6.45, 7) is 1.64. The summed E-state index contributed by atoms with van der Waals surface area (Å²) >= 11 is 0. The third-order valence-electron chi connectivity index (χ3n) is 3.15. The van der Waals surface area contributed by atoms with Gasteiger partial charge in [-0.1, -0.05) is 0 Å². The second-order valence-electron chi connectivity index (χ2n) is 4.39. The van der Waals surface area contributed by atoms with Gasteiger partial charge in [0.15, 0.2) is 0 Å². The predicted molar refractivity (Wildman–Crippen MR) is 61.2 cm³/mol. The summed E-state index contributed by atoms with van der Waals surface area (Å²) in [6, 6.07) is -0.412. The van der Waals surface area contributed by atoms with E-state index in [0.717, 1.165) is 0 Å². The molecule has 1 aromatic carbocycles. The van der Waals surface area contributed by atoms with Gasteiger partial charge in [0.25, 0.3) is 6.43 Å². The highest BCUT2D eigenvalue weighted by Crippen LogP contribution is 2.36. The SMILES string of the molecule is Oc1cc(F)cc(F)c1[C@@H](C(F)F)N1CCNCC1. The number of phenols is 1. The van der Waals surface area contributed by atoms with Crippen LogP contribution in [0.25, 0.3) is 0 Å². The van der Waals surface area contributed by atoms with Crippen LogP contribution < -0.4 is 5.32 Å². The van der Waals surface area contributed by atoms with Crippen LogP contribution in [0.5, 0.6) is 5.75 Å². The summed E-state index contributed by atoms with van der Waals surface area (Å²) in [5, 5.41) is 12.6. The van der Waals surface area contributed by atoms with E-state index in [1.54, 1.807) is 0 Å². The van der Waals surface area contributed by atoms with Gasteiger partial charge in [0.05, 0.1) is 5.56 Å². The second kappa shape index (κ2) is 5.75. The van der Waals surface area contributed by atoms with E-state index in [0.29, 0.717) is 38.3 Å². The number of hydrogen-bond acceptors (Lipinski definition) is 3. The summed E-state index contributed by atoms with van der Waals surface area (Å²) in [6.07, 6.45) is -2.87. The van der Waals surface area contributed by atoms with Gasteiger partial charge in [-0.2, -0.15) is 0 Å². The Morgan fingerprint density at radius 3 is 2.32 bits per heavy atom. The van der Waals surface area contributed by atoms with Crippen LogP contribution in [0.1, 0.15) is 11.6 Å². The van der Waals surface area contributed by atoms with Gasteiger partial charge in [0.2, 0.25) is 0 Å². The lowest BCUT2D eigenvalue weighted by Crippen LogP contribution is -2.47. The van der Waals surface area contributed by atoms with Gasteiger partial charge in [-0.25, -0.2) is 17.6 Å². The van der Waals surface area contributed by atoms with Gasteiger partial charge in [0, 0.05) is 38.3 Å². The average molecular weight is 278 g/mol. The van der Waals surface area contributed by atoms with Crippen molar-refractivity contribution in [1.82, 2.24) is 10.2 Å². The molecule has 0 aliphatic carbocycles. The van der Waals surface area contributed by atoms with Gasteiger partial charge >= 0.3 is 0 Å². The molecule has 1 atom stereocenters. The van der Waals surface area contributed by atoms with Crippen molar-refractivity contribution in [3.8, 4) is 5.75 Å².